The number of benzene rings is 3. The van der Waals surface area contributed by atoms with Crippen molar-refractivity contribution in [2.24, 2.45) is 0 Å². The number of aromatic nitrogens is 2. The lowest BCUT2D eigenvalue weighted by molar-refractivity contribution is 0.0895. The van der Waals surface area contributed by atoms with Gasteiger partial charge >= 0.3 is 5.69 Å². The highest BCUT2D eigenvalue weighted by Gasteiger charge is 2.28. The van der Waals surface area contributed by atoms with E-state index >= 15 is 0 Å². The van der Waals surface area contributed by atoms with E-state index in [0.717, 1.165) is 9.47 Å². The number of rotatable bonds is 4. The van der Waals surface area contributed by atoms with E-state index in [1.165, 1.54) is 12.3 Å². The smallest absolute Gasteiger partial charge is 0.268 e. The first-order valence-electron chi connectivity index (χ1n) is 9.74. The van der Waals surface area contributed by atoms with Gasteiger partial charge in [-0.15, -0.1) is 0 Å². The molecule has 0 aliphatic heterocycles. The Kier molecular flexibility index (Phi) is 5.81. The summed E-state index contributed by atoms with van der Waals surface area (Å²) in [5, 5.41) is 0. The Morgan fingerprint density at radius 3 is 1.50 bits per heavy atom. The van der Waals surface area contributed by atoms with Gasteiger partial charge in [0.25, 0.3) is 17.7 Å². The molecule has 0 fully saturated rings. The Bertz CT molecular complexity index is 1280. The molecule has 1 aromatic heterocycles. The molecular formula is C25H17N3O4. The lowest BCUT2D eigenvalue weighted by Crippen LogP contribution is -2.40. The third-order valence-electron chi connectivity index (χ3n) is 4.71. The molecule has 0 saturated carbocycles. The summed E-state index contributed by atoms with van der Waals surface area (Å²) < 4.78 is 0.830. The van der Waals surface area contributed by atoms with Gasteiger partial charge < -0.3 is 0 Å². The molecule has 156 valence electrons. The average molecular weight is 423 g/mol. The molecule has 1 heterocycles. The molecule has 2 amide bonds. The summed E-state index contributed by atoms with van der Waals surface area (Å²) in [6, 6.07) is 26.0. The zero-order valence-electron chi connectivity index (χ0n) is 16.8. The molecule has 0 aliphatic rings. The van der Waals surface area contributed by atoms with Gasteiger partial charge in [0.15, 0.2) is 0 Å². The van der Waals surface area contributed by atoms with Crippen molar-refractivity contribution in [2.75, 3.05) is 4.90 Å². The van der Waals surface area contributed by atoms with E-state index in [9.17, 15) is 19.2 Å². The van der Waals surface area contributed by atoms with Crippen molar-refractivity contribution in [1.82, 2.24) is 9.55 Å². The molecule has 0 aliphatic carbocycles. The summed E-state index contributed by atoms with van der Waals surface area (Å²) in [6.07, 6.45) is 1.21. The van der Waals surface area contributed by atoms with Gasteiger partial charge in [0.2, 0.25) is 0 Å². The second-order valence-corrected chi connectivity index (χ2v) is 6.79. The average Bonchev–Trinajstić information content (AvgIpc) is 2.85. The van der Waals surface area contributed by atoms with Gasteiger partial charge in [-0.3, -0.25) is 14.4 Å². The Morgan fingerprint density at radius 1 is 0.625 bits per heavy atom. The van der Waals surface area contributed by atoms with E-state index in [1.54, 1.807) is 91.0 Å². The number of hydrogen-bond donors (Lipinski definition) is 0. The minimum absolute atomic E-state index is 0.171. The van der Waals surface area contributed by atoms with E-state index in [2.05, 4.69) is 4.98 Å². The quantitative estimate of drug-likeness (QED) is 0.469. The summed E-state index contributed by atoms with van der Waals surface area (Å²) in [7, 11) is 0. The fraction of sp³-hybridized carbons (Fsp3) is 0. The van der Waals surface area contributed by atoms with Crippen molar-refractivity contribution in [3.05, 3.63) is 130 Å². The molecule has 32 heavy (non-hydrogen) atoms. The highest BCUT2D eigenvalue weighted by Crippen LogP contribution is 2.17. The molecule has 0 radical (unpaired) electrons. The van der Waals surface area contributed by atoms with Crippen molar-refractivity contribution in [3.63, 3.8) is 0 Å². The Balaban J connectivity index is 1.77. The number of imide groups is 1. The third kappa shape index (κ3) is 4.13. The van der Waals surface area contributed by atoms with Gasteiger partial charge in [-0.25, -0.2) is 14.3 Å². The van der Waals surface area contributed by atoms with Crippen molar-refractivity contribution in [1.29, 1.82) is 0 Å². The van der Waals surface area contributed by atoms with Crippen LogP contribution in [0.25, 0.3) is 0 Å². The Hall–Kier alpha value is -4.65. The fourth-order valence-corrected chi connectivity index (χ4v) is 3.11. The molecule has 7 nitrogen and oxygen atoms in total. The van der Waals surface area contributed by atoms with Crippen LogP contribution < -0.4 is 10.6 Å². The molecule has 0 bridgehead atoms. The van der Waals surface area contributed by atoms with Crippen LogP contribution in [0, 0.1) is 0 Å². The zero-order chi connectivity index (χ0) is 22.5. The Morgan fingerprint density at radius 2 is 1.06 bits per heavy atom. The highest BCUT2D eigenvalue weighted by atomic mass is 16.2. The molecule has 7 heteroatoms. The Labute approximate surface area is 183 Å². The fourth-order valence-electron chi connectivity index (χ4n) is 3.11. The molecule has 0 spiro atoms. The molecular weight excluding hydrogens is 406 g/mol. The lowest BCUT2D eigenvalue weighted by Gasteiger charge is -2.20. The van der Waals surface area contributed by atoms with Crippen LogP contribution in [0.3, 0.4) is 0 Å². The van der Waals surface area contributed by atoms with Crippen molar-refractivity contribution < 1.29 is 14.4 Å². The molecule has 4 rings (SSSR count). The number of anilines is 1. The van der Waals surface area contributed by atoms with Crippen LogP contribution in [0.4, 0.5) is 5.82 Å². The van der Waals surface area contributed by atoms with Crippen LogP contribution in [0.2, 0.25) is 0 Å². The van der Waals surface area contributed by atoms with E-state index in [-0.39, 0.29) is 16.9 Å². The summed E-state index contributed by atoms with van der Waals surface area (Å²) >= 11 is 0. The maximum absolute atomic E-state index is 13.2. The van der Waals surface area contributed by atoms with Crippen LogP contribution in [0.1, 0.15) is 31.1 Å². The monoisotopic (exact) mass is 423 g/mol. The number of hydrogen-bond acceptors (Lipinski definition) is 5. The van der Waals surface area contributed by atoms with E-state index in [0.29, 0.717) is 5.56 Å². The van der Waals surface area contributed by atoms with Gasteiger partial charge in [0.1, 0.15) is 5.82 Å². The van der Waals surface area contributed by atoms with E-state index < -0.39 is 23.4 Å². The second kappa shape index (κ2) is 9.01. The number of amides is 2. The SMILES string of the molecule is O=C(c1ccccc1)N(C(=O)c1ccccc1)c1ccn(C(=O)c2ccccc2)c(=O)n1. The van der Waals surface area contributed by atoms with Gasteiger partial charge in [0, 0.05) is 22.9 Å². The molecule has 4 aromatic rings. The maximum atomic E-state index is 13.2. The standard InChI is InChI=1S/C25H17N3O4/c29-22(18-10-4-1-5-11-18)27-17-16-21(26-25(27)32)28(23(30)19-12-6-2-7-13-19)24(31)20-14-8-3-9-15-20/h1-17H. The predicted octanol–water partition coefficient (Wildman–Crippen LogP) is 3.42. The third-order valence-corrected chi connectivity index (χ3v) is 4.71. The second-order valence-electron chi connectivity index (χ2n) is 6.79. The van der Waals surface area contributed by atoms with Crippen LogP contribution in [0.5, 0.6) is 0 Å². The zero-order valence-corrected chi connectivity index (χ0v) is 16.8. The van der Waals surface area contributed by atoms with Gasteiger partial charge in [-0.05, 0) is 42.5 Å². The molecule has 0 saturated heterocycles. The molecule has 0 atom stereocenters. The van der Waals surface area contributed by atoms with Crippen LogP contribution in [-0.4, -0.2) is 27.3 Å². The molecule has 0 N–H and O–H groups in total. The number of nitrogens with zero attached hydrogens (tertiary/aromatic N) is 3. The normalized spacial score (nSPS) is 10.4. The minimum atomic E-state index is -0.900. The summed E-state index contributed by atoms with van der Waals surface area (Å²) in [5.41, 5.74) is -0.0870. The number of carbonyl (C=O) groups excluding carboxylic acids is 3. The van der Waals surface area contributed by atoms with Crippen molar-refractivity contribution in [3.8, 4) is 0 Å². The topological polar surface area (TPSA) is 89.3 Å². The van der Waals surface area contributed by atoms with Gasteiger partial charge in [-0.1, -0.05) is 54.6 Å². The molecule has 3 aromatic carbocycles. The maximum Gasteiger partial charge on any atom is 0.356 e. The van der Waals surface area contributed by atoms with Crippen LogP contribution >= 0.6 is 0 Å². The van der Waals surface area contributed by atoms with E-state index in [1.807, 2.05) is 0 Å². The first kappa shape index (κ1) is 20.6. The highest BCUT2D eigenvalue weighted by molar-refractivity contribution is 6.25. The van der Waals surface area contributed by atoms with E-state index in [4.69, 9.17) is 0 Å². The lowest BCUT2D eigenvalue weighted by atomic mass is 10.1. The summed E-state index contributed by atoms with van der Waals surface area (Å²) in [4.78, 5) is 56.4. The number of carbonyl (C=O) groups is 3. The van der Waals surface area contributed by atoms with Crippen molar-refractivity contribution in [2.45, 2.75) is 0 Å². The van der Waals surface area contributed by atoms with Crippen LogP contribution in [0.15, 0.2) is 108 Å². The largest absolute Gasteiger partial charge is 0.356 e. The first-order chi connectivity index (χ1) is 15.6. The van der Waals surface area contributed by atoms with Crippen molar-refractivity contribution >= 4 is 23.5 Å². The first-order valence-corrected chi connectivity index (χ1v) is 9.74. The predicted molar refractivity (Wildman–Crippen MR) is 119 cm³/mol. The van der Waals surface area contributed by atoms with Crippen LogP contribution in [-0.2, 0) is 0 Å². The summed E-state index contributed by atoms with van der Waals surface area (Å²) in [6.45, 7) is 0. The molecule has 0 unspecified atom stereocenters. The minimum Gasteiger partial charge on any atom is -0.268 e. The van der Waals surface area contributed by atoms with Gasteiger partial charge in [-0.2, -0.15) is 4.98 Å². The van der Waals surface area contributed by atoms with Gasteiger partial charge in [0.05, 0.1) is 0 Å². The summed E-state index contributed by atoms with van der Waals surface area (Å²) in [5.74, 6) is -2.02.